The van der Waals surface area contributed by atoms with Gasteiger partial charge in [-0.15, -0.1) is 0 Å². The minimum atomic E-state index is -4.76. The van der Waals surface area contributed by atoms with Crippen LogP contribution in [0.3, 0.4) is 0 Å². The van der Waals surface area contributed by atoms with Crippen LogP contribution in [0.4, 0.5) is 0 Å². The lowest BCUT2D eigenvalue weighted by molar-refractivity contribution is -0.161. The molecule has 11 nitrogen and oxygen atoms in total. The number of aliphatic hydroxyl groups is 1. The van der Waals surface area contributed by atoms with Crippen LogP contribution in [0, 0.1) is 0 Å². The lowest BCUT2D eigenvalue weighted by atomic mass is 10.0. The van der Waals surface area contributed by atoms with E-state index in [4.69, 9.17) is 23.3 Å². The molecular weight excluding hydrogens is 1000 g/mol. The molecule has 0 aliphatic rings. The monoisotopic (exact) mass is 1120 g/mol. The van der Waals surface area contributed by atoms with E-state index in [-0.39, 0.29) is 25.9 Å². The molecule has 12 heteroatoms. The van der Waals surface area contributed by atoms with E-state index >= 15 is 0 Å². The van der Waals surface area contributed by atoms with Crippen LogP contribution in [0.2, 0.25) is 0 Å². The summed E-state index contributed by atoms with van der Waals surface area (Å²) >= 11 is 0. The maximum atomic E-state index is 13.0. The fourth-order valence-electron chi connectivity index (χ4n) is 8.86. The van der Waals surface area contributed by atoms with Crippen molar-refractivity contribution in [2.75, 3.05) is 26.4 Å². The predicted octanol–water partition coefficient (Wildman–Crippen LogP) is 19.3. The highest BCUT2D eigenvalue weighted by molar-refractivity contribution is 7.47. The van der Waals surface area contributed by atoms with Crippen LogP contribution in [-0.4, -0.2) is 66.5 Å². The Hall–Kier alpha value is -3.08. The highest BCUT2D eigenvalue weighted by Gasteiger charge is 2.28. The standard InChI is InChI=1S/C66H117O11P/c1-4-7-10-13-16-19-22-25-28-31-34-37-40-43-46-49-52-55-64(68)73-59-63(77-66(70)57-54-51-48-45-42-39-36-33-30-27-24-21-18-15-12-9-6-3)61-75-78(71,72)74-60-62(58-67)76-65(69)56-53-50-47-44-41-38-35-32-29-26-23-20-17-14-11-8-5-2/h7,9-10,12,16,18-19,21,25,27-28,30,62-63,67H,4-6,8,11,13-15,17,20,22-24,26,29,31-61H2,1-3H3,(H,71,72)/b10-7-,12-9-,19-16-,21-18-,28-25-,30-27-. The zero-order chi connectivity index (χ0) is 56.9. The van der Waals surface area contributed by atoms with Gasteiger partial charge in [0.2, 0.25) is 0 Å². The van der Waals surface area contributed by atoms with E-state index in [1.807, 2.05) is 0 Å². The number of allylic oxidation sites excluding steroid dienone is 12. The molecule has 0 saturated heterocycles. The molecule has 3 unspecified atom stereocenters. The molecule has 0 aromatic rings. The Morgan fingerprint density at radius 2 is 0.667 bits per heavy atom. The molecule has 452 valence electrons. The summed E-state index contributed by atoms with van der Waals surface area (Å²) in [6.07, 6.45) is 68.5. The quantitative estimate of drug-likeness (QED) is 0.0197. The van der Waals surface area contributed by atoms with Gasteiger partial charge in [-0.3, -0.25) is 23.4 Å². The summed E-state index contributed by atoms with van der Waals surface area (Å²) in [5, 5.41) is 9.85. The number of hydrogen-bond acceptors (Lipinski definition) is 10. The second-order valence-electron chi connectivity index (χ2n) is 21.2. The first-order valence-corrected chi connectivity index (χ1v) is 33.3. The van der Waals surface area contributed by atoms with Crippen molar-refractivity contribution in [1.29, 1.82) is 0 Å². The van der Waals surface area contributed by atoms with Crippen molar-refractivity contribution in [1.82, 2.24) is 0 Å². The Balaban J connectivity index is 4.70. The lowest BCUT2D eigenvalue weighted by Gasteiger charge is -2.21. The fraction of sp³-hybridized carbons (Fsp3) is 0.773. The largest absolute Gasteiger partial charge is 0.472 e. The molecule has 3 atom stereocenters. The zero-order valence-corrected chi connectivity index (χ0v) is 51.0. The highest BCUT2D eigenvalue weighted by Crippen LogP contribution is 2.43. The summed E-state index contributed by atoms with van der Waals surface area (Å²) in [6.45, 7) is 4.45. The van der Waals surface area contributed by atoms with Crippen LogP contribution in [0.1, 0.15) is 290 Å². The van der Waals surface area contributed by atoms with Crippen molar-refractivity contribution in [3.63, 3.8) is 0 Å². The van der Waals surface area contributed by atoms with Crippen molar-refractivity contribution in [3.05, 3.63) is 72.9 Å². The Kier molecular flexibility index (Phi) is 57.7. The van der Waals surface area contributed by atoms with Crippen LogP contribution in [0.5, 0.6) is 0 Å². The summed E-state index contributed by atoms with van der Waals surface area (Å²) in [7, 11) is -4.76. The van der Waals surface area contributed by atoms with Crippen molar-refractivity contribution in [2.45, 2.75) is 303 Å². The molecule has 0 saturated carbocycles. The van der Waals surface area contributed by atoms with Gasteiger partial charge in [0.25, 0.3) is 0 Å². The summed E-state index contributed by atoms with van der Waals surface area (Å²) in [6, 6.07) is 0. The van der Waals surface area contributed by atoms with Crippen LogP contribution < -0.4 is 0 Å². The molecule has 0 fully saturated rings. The molecule has 0 aliphatic heterocycles. The van der Waals surface area contributed by atoms with Gasteiger partial charge >= 0.3 is 25.7 Å². The number of phosphoric acid groups is 1. The molecule has 2 N–H and O–H groups in total. The number of esters is 3. The van der Waals surface area contributed by atoms with E-state index in [9.17, 15) is 28.9 Å². The zero-order valence-electron chi connectivity index (χ0n) is 50.1. The topological polar surface area (TPSA) is 155 Å². The van der Waals surface area contributed by atoms with Gasteiger partial charge in [-0.2, -0.15) is 0 Å². The molecule has 0 aliphatic carbocycles. The fourth-order valence-corrected chi connectivity index (χ4v) is 9.64. The maximum Gasteiger partial charge on any atom is 0.472 e. The lowest BCUT2D eigenvalue weighted by Crippen LogP contribution is -2.30. The molecular formula is C66H117O11P. The van der Waals surface area contributed by atoms with Gasteiger partial charge in [-0.05, 0) is 83.5 Å². The first-order chi connectivity index (χ1) is 38.2. The van der Waals surface area contributed by atoms with Gasteiger partial charge in [0.1, 0.15) is 12.7 Å². The third kappa shape index (κ3) is 57.6. The van der Waals surface area contributed by atoms with E-state index < -0.39 is 57.8 Å². The van der Waals surface area contributed by atoms with Crippen molar-refractivity contribution in [2.24, 2.45) is 0 Å². The van der Waals surface area contributed by atoms with E-state index in [0.717, 1.165) is 128 Å². The summed E-state index contributed by atoms with van der Waals surface area (Å²) in [5.74, 6) is -1.47. The van der Waals surface area contributed by atoms with Gasteiger partial charge in [-0.25, -0.2) is 4.57 Å². The Morgan fingerprint density at radius 1 is 0.372 bits per heavy atom. The minimum absolute atomic E-state index is 0.153. The maximum absolute atomic E-state index is 13.0. The van der Waals surface area contributed by atoms with Gasteiger partial charge in [-0.1, -0.05) is 261 Å². The number of unbranched alkanes of at least 4 members (excludes halogenated alkanes) is 30. The average molecular weight is 1120 g/mol. The summed E-state index contributed by atoms with van der Waals surface area (Å²) in [4.78, 5) is 48.7. The second-order valence-corrected chi connectivity index (χ2v) is 22.6. The number of aliphatic hydroxyl groups excluding tert-OH is 1. The Morgan fingerprint density at radius 3 is 1.03 bits per heavy atom. The number of hydrogen-bond donors (Lipinski definition) is 2. The van der Waals surface area contributed by atoms with Crippen LogP contribution in [0.15, 0.2) is 72.9 Å². The molecule has 78 heavy (non-hydrogen) atoms. The molecule has 0 amide bonds. The SMILES string of the molecule is CC/C=C\C/C=C\C/C=C\CCCCCCCCCC(=O)OCC(COP(=O)(O)OCC(CO)OC(=O)CCCCCCCCCCCCCCCCCCC)OC(=O)CCCCCCCCC/C=C\C/C=C\C/C=C\CC. The van der Waals surface area contributed by atoms with Crippen molar-refractivity contribution in [3.8, 4) is 0 Å². The number of rotatable bonds is 59. The predicted molar refractivity (Wildman–Crippen MR) is 325 cm³/mol. The molecule has 0 bridgehead atoms. The highest BCUT2D eigenvalue weighted by atomic mass is 31.2. The summed E-state index contributed by atoms with van der Waals surface area (Å²) < 4.78 is 39.7. The smallest absolute Gasteiger partial charge is 0.462 e. The van der Waals surface area contributed by atoms with E-state index in [1.165, 1.54) is 103 Å². The first-order valence-electron chi connectivity index (χ1n) is 31.8. The number of ether oxygens (including phenoxy) is 3. The van der Waals surface area contributed by atoms with E-state index in [0.29, 0.717) is 19.3 Å². The van der Waals surface area contributed by atoms with Crippen LogP contribution in [-0.2, 0) is 42.2 Å². The third-order valence-electron chi connectivity index (χ3n) is 13.6. The molecule has 0 aromatic heterocycles. The third-order valence-corrected chi connectivity index (χ3v) is 14.6. The van der Waals surface area contributed by atoms with Gasteiger partial charge in [0.15, 0.2) is 6.10 Å². The second kappa shape index (κ2) is 60.0. The van der Waals surface area contributed by atoms with Gasteiger partial charge < -0.3 is 24.2 Å². The normalized spacial score (nSPS) is 13.8. The molecule has 0 aromatic carbocycles. The first kappa shape index (κ1) is 74.9. The van der Waals surface area contributed by atoms with Crippen LogP contribution in [0.25, 0.3) is 0 Å². The molecule has 0 spiro atoms. The molecule has 0 heterocycles. The van der Waals surface area contributed by atoms with Crippen LogP contribution >= 0.6 is 7.82 Å². The minimum Gasteiger partial charge on any atom is -0.462 e. The molecule has 0 rings (SSSR count). The average Bonchev–Trinajstić information content (AvgIpc) is 3.43. The Bertz CT molecular complexity index is 1590. The number of carbonyl (C=O) groups is 3. The van der Waals surface area contributed by atoms with E-state index in [2.05, 4.69) is 93.7 Å². The number of carbonyl (C=O) groups excluding carboxylic acids is 3. The summed E-state index contributed by atoms with van der Waals surface area (Å²) in [5.41, 5.74) is 0. The Labute approximate surface area is 478 Å². The van der Waals surface area contributed by atoms with Crippen molar-refractivity contribution >= 4 is 25.7 Å². The van der Waals surface area contributed by atoms with Gasteiger partial charge in [0.05, 0.1) is 19.8 Å². The van der Waals surface area contributed by atoms with E-state index in [1.54, 1.807) is 0 Å². The van der Waals surface area contributed by atoms with Crippen molar-refractivity contribution < 1.29 is 52.2 Å². The van der Waals surface area contributed by atoms with Gasteiger partial charge in [0, 0.05) is 19.3 Å². The number of phosphoric ester groups is 1. The molecule has 0 radical (unpaired) electrons.